The first-order valence-electron chi connectivity index (χ1n) is 4.04. The number of H-pyrrole nitrogens is 1. The lowest BCUT2D eigenvalue weighted by molar-refractivity contribution is 0.449. The predicted octanol–water partition coefficient (Wildman–Crippen LogP) is 2.08. The van der Waals surface area contributed by atoms with Crippen LogP contribution in [0.2, 0.25) is 0 Å². The predicted molar refractivity (Wildman–Crippen MR) is 48.3 cm³/mol. The smallest absolute Gasteiger partial charge is 0.195 e. The van der Waals surface area contributed by atoms with Crippen molar-refractivity contribution in [1.82, 2.24) is 10.2 Å². The van der Waals surface area contributed by atoms with Crippen LogP contribution >= 0.6 is 0 Å². The first kappa shape index (κ1) is 9.57. The Balaban J connectivity index is 2.65. The summed E-state index contributed by atoms with van der Waals surface area (Å²) < 4.78 is 38.8. The number of hydrogen-bond donors (Lipinski definition) is 2. The van der Waals surface area contributed by atoms with E-state index in [0.29, 0.717) is 0 Å². The highest BCUT2D eigenvalue weighted by atomic mass is 19.2. The number of anilines is 1. The molecule has 15 heavy (non-hydrogen) atoms. The van der Waals surface area contributed by atoms with Gasteiger partial charge in [0.25, 0.3) is 0 Å². The van der Waals surface area contributed by atoms with Crippen LogP contribution in [0.4, 0.5) is 19.0 Å². The zero-order chi connectivity index (χ0) is 11.0. The molecule has 0 aliphatic rings. The van der Waals surface area contributed by atoms with E-state index in [4.69, 9.17) is 5.73 Å². The summed E-state index contributed by atoms with van der Waals surface area (Å²) in [4.78, 5) is 0. The van der Waals surface area contributed by atoms with Crippen molar-refractivity contribution in [1.29, 1.82) is 0 Å². The summed E-state index contributed by atoms with van der Waals surface area (Å²) in [5.74, 6) is -3.94. The number of rotatable bonds is 1. The number of halogens is 3. The molecule has 3 nitrogen and oxygen atoms in total. The molecule has 6 heteroatoms. The molecule has 0 bridgehead atoms. The maximum atomic E-state index is 13.3. The van der Waals surface area contributed by atoms with Gasteiger partial charge in [-0.25, -0.2) is 13.2 Å². The SMILES string of the molecule is Nc1[nH]ncc1-c1ccc(F)c(F)c1F. The van der Waals surface area contributed by atoms with Crippen LogP contribution in [-0.4, -0.2) is 10.2 Å². The van der Waals surface area contributed by atoms with Gasteiger partial charge in [0.2, 0.25) is 0 Å². The van der Waals surface area contributed by atoms with E-state index < -0.39 is 17.5 Å². The molecule has 1 aromatic carbocycles. The number of aromatic nitrogens is 2. The quantitative estimate of drug-likeness (QED) is 0.712. The van der Waals surface area contributed by atoms with E-state index in [-0.39, 0.29) is 16.9 Å². The van der Waals surface area contributed by atoms with Crippen molar-refractivity contribution in [2.24, 2.45) is 0 Å². The number of hydrogen-bond acceptors (Lipinski definition) is 2. The maximum absolute atomic E-state index is 13.3. The molecule has 78 valence electrons. The van der Waals surface area contributed by atoms with Gasteiger partial charge in [0.05, 0.1) is 6.20 Å². The zero-order valence-corrected chi connectivity index (χ0v) is 7.39. The molecular weight excluding hydrogens is 207 g/mol. The fourth-order valence-corrected chi connectivity index (χ4v) is 1.24. The Morgan fingerprint density at radius 1 is 1.07 bits per heavy atom. The van der Waals surface area contributed by atoms with Gasteiger partial charge in [0, 0.05) is 11.1 Å². The summed E-state index contributed by atoms with van der Waals surface area (Å²) >= 11 is 0. The van der Waals surface area contributed by atoms with Crippen molar-refractivity contribution in [3.8, 4) is 11.1 Å². The molecule has 0 unspecified atom stereocenters. The molecular formula is C9H6F3N3. The monoisotopic (exact) mass is 213 g/mol. The number of nitrogen functional groups attached to an aromatic ring is 1. The van der Waals surface area contributed by atoms with Gasteiger partial charge in [-0.2, -0.15) is 5.10 Å². The van der Waals surface area contributed by atoms with Crippen LogP contribution in [0.5, 0.6) is 0 Å². The summed E-state index contributed by atoms with van der Waals surface area (Å²) in [5, 5.41) is 5.93. The first-order chi connectivity index (χ1) is 7.11. The molecule has 0 saturated carbocycles. The summed E-state index contributed by atoms with van der Waals surface area (Å²) in [6, 6.07) is 1.94. The molecule has 2 aromatic rings. The van der Waals surface area contributed by atoms with Gasteiger partial charge in [-0.3, -0.25) is 5.10 Å². The van der Waals surface area contributed by atoms with E-state index in [9.17, 15) is 13.2 Å². The molecule has 0 aliphatic heterocycles. The van der Waals surface area contributed by atoms with E-state index in [1.54, 1.807) is 0 Å². The molecule has 0 saturated heterocycles. The third kappa shape index (κ3) is 1.43. The second-order valence-electron chi connectivity index (χ2n) is 2.92. The average molecular weight is 213 g/mol. The highest BCUT2D eigenvalue weighted by molar-refractivity contribution is 5.73. The van der Waals surface area contributed by atoms with Crippen molar-refractivity contribution in [3.05, 3.63) is 35.8 Å². The van der Waals surface area contributed by atoms with Gasteiger partial charge in [-0.1, -0.05) is 0 Å². The van der Waals surface area contributed by atoms with Crippen LogP contribution in [0, 0.1) is 17.5 Å². The van der Waals surface area contributed by atoms with Crippen molar-refractivity contribution in [2.45, 2.75) is 0 Å². The molecule has 1 heterocycles. The third-order valence-corrected chi connectivity index (χ3v) is 1.99. The number of nitrogens with zero attached hydrogens (tertiary/aromatic N) is 1. The van der Waals surface area contributed by atoms with Crippen molar-refractivity contribution in [3.63, 3.8) is 0 Å². The summed E-state index contributed by atoms with van der Waals surface area (Å²) in [6.07, 6.45) is 1.24. The van der Waals surface area contributed by atoms with Crippen LogP contribution in [0.15, 0.2) is 18.3 Å². The van der Waals surface area contributed by atoms with Gasteiger partial charge in [0.1, 0.15) is 5.82 Å². The fraction of sp³-hybridized carbons (Fsp3) is 0. The van der Waals surface area contributed by atoms with Crippen LogP contribution in [0.1, 0.15) is 0 Å². The topological polar surface area (TPSA) is 54.7 Å². The lowest BCUT2D eigenvalue weighted by atomic mass is 10.1. The number of nitrogens with one attached hydrogen (secondary N) is 1. The van der Waals surface area contributed by atoms with Crippen LogP contribution < -0.4 is 5.73 Å². The van der Waals surface area contributed by atoms with E-state index in [1.807, 2.05) is 0 Å². The maximum Gasteiger partial charge on any atom is 0.195 e. The lowest BCUT2D eigenvalue weighted by Gasteiger charge is -2.02. The normalized spacial score (nSPS) is 10.6. The Morgan fingerprint density at radius 2 is 1.80 bits per heavy atom. The second-order valence-corrected chi connectivity index (χ2v) is 2.92. The fourth-order valence-electron chi connectivity index (χ4n) is 1.24. The van der Waals surface area contributed by atoms with Gasteiger partial charge in [-0.15, -0.1) is 0 Å². The third-order valence-electron chi connectivity index (χ3n) is 1.99. The minimum atomic E-state index is -1.52. The van der Waals surface area contributed by atoms with Crippen LogP contribution in [0.25, 0.3) is 11.1 Å². The van der Waals surface area contributed by atoms with E-state index in [1.165, 1.54) is 6.20 Å². The standard InChI is InChI=1S/C9H6F3N3/c10-6-2-1-4(7(11)8(6)12)5-3-14-15-9(5)13/h1-3H,(H3,13,14,15). The molecule has 1 aromatic heterocycles. The number of benzene rings is 1. The van der Waals surface area contributed by atoms with E-state index in [0.717, 1.165) is 12.1 Å². The van der Waals surface area contributed by atoms with Crippen molar-refractivity contribution < 1.29 is 13.2 Å². The minimum Gasteiger partial charge on any atom is -0.384 e. The summed E-state index contributed by atoms with van der Waals surface area (Å²) in [7, 11) is 0. The van der Waals surface area contributed by atoms with Crippen LogP contribution in [-0.2, 0) is 0 Å². The highest BCUT2D eigenvalue weighted by Gasteiger charge is 2.16. The average Bonchev–Trinajstić information content (AvgIpc) is 2.62. The molecule has 0 spiro atoms. The Morgan fingerprint density at radius 3 is 2.40 bits per heavy atom. The Kier molecular flexibility index (Phi) is 2.11. The van der Waals surface area contributed by atoms with Crippen LogP contribution in [0.3, 0.4) is 0 Å². The first-order valence-corrected chi connectivity index (χ1v) is 4.04. The Bertz CT molecular complexity index is 507. The van der Waals surface area contributed by atoms with E-state index >= 15 is 0 Å². The number of nitrogens with two attached hydrogens (primary N) is 1. The molecule has 0 atom stereocenters. The zero-order valence-electron chi connectivity index (χ0n) is 7.39. The van der Waals surface area contributed by atoms with Gasteiger partial charge >= 0.3 is 0 Å². The highest BCUT2D eigenvalue weighted by Crippen LogP contribution is 2.28. The summed E-state index contributed by atoms with van der Waals surface area (Å²) in [5.41, 5.74) is 5.50. The van der Waals surface area contributed by atoms with Crippen molar-refractivity contribution in [2.75, 3.05) is 5.73 Å². The second kappa shape index (κ2) is 3.30. The number of aromatic amines is 1. The Labute approximate surface area is 82.7 Å². The molecule has 0 fully saturated rings. The largest absolute Gasteiger partial charge is 0.384 e. The summed E-state index contributed by atoms with van der Waals surface area (Å²) in [6.45, 7) is 0. The lowest BCUT2D eigenvalue weighted by Crippen LogP contribution is -1.95. The van der Waals surface area contributed by atoms with Gasteiger partial charge in [-0.05, 0) is 12.1 Å². The molecule has 0 amide bonds. The molecule has 3 N–H and O–H groups in total. The minimum absolute atomic E-state index is 0.0971. The molecule has 2 rings (SSSR count). The van der Waals surface area contributed by atoms with Crippen molar-refractivity contribution >= 4 is 5.82 Å². The molecule has 0 radical (unpaired) electrons. The van der Waals surface area contributed by atoms with Gasteiger partial charge in [0.15, 0.2) is 17.5 Å². The Hall–Kier alpha value is -1.98. The molecule has 0 aliphatic carbocycles. The van der Waals surface area contributed by atoms with E-state index in [2.05, 4.69) is 10.2 Å². The van der Waals surface area contributed by atoms with Gasteiger partial charge < -0.3 is 5.73 Å².